The lowest BCUT2D eigenvalue weighted by Gasteiger charge is -2.14. The summed E-state index contributed by atoms with van der Waals surface area (Å²) in [6.07, 6.45) is 2.82. The van der Waals surface area contributed by atoms with Gasteiger partial charge in [0.2, 0.25) is 15.8 Å². The Hall–Kier alpha value is -3.22. The molecule has 0 amide bonds. The van der Waals surface area contributed by atoms with Crippen LogP contribution < -0.4 is 9.46 Å². The monoisotopic (exact) mass is 480 g/mol. The average Bonchev–Trinajstić information content (AvgIpc) is 3.45. The Morgan fingerprint density at radius 1 is 1.29 bits per heavy atom. The van der Waals surface area contributed by atoms with Crippen molar-refractivity contribution in [2.75, 3.05) is 5.75 Å². The van der Waals surface area contributed by atoms with Crippen molar-refractivity contribution in [3.63, 3.8) is 0 Å². The summed E-state index contributed by atoms with van der Waals surface area (Å²) < 4.78 is 38.9. The van der Waals surface area contributed by atoms with Crippen LogP contribution in [0.25, 0.3) is 22.8 Å². The van der Waals surface area contributed by atoms with Crippen LogP contribution in [0.2, 0.25) is 0 Å². The van der Waals surface area contributed by atoms with E-state index in [9.17, 15) is 13.7 Å². The maximum absolute atomic E-state index is 12.4. The van der Waals surface area contributed by atoms with Crippen LogP contribution in [0.3, 0.4) is 0 Å². The molecule has 0 bridgehead atoms. The molecule has 1 heterocycles. The molecule has 3 aromatic rings. The molecular weight excluding hydrogens is 452 g/mol. The predicted octanol–water partition coefficient (Wildman–Crippen LogP) is 4.77. The number of nitriles is 1. The van der Waals surface area contributed by atoms with Crippen molar-refractivity contribution >= 4 is 10.0 Å². The molecule has 178 valence electrons. The summed E-state index contributed by atoms with van der Waals surface area (Å²) in [5.74, 6) is 1.38. The molecule has 0 saturated heterocycles. The number of unbranched alkanes of at least 4 members (excludes halogenated alkanes) is 1. The van der Waals surface area contributed by atoms with E-state index in [0.29, 0.717) is 41.4 Å². The smallest absolute Gasteiger partial charge is 0.258 e. The maximum Gasteiger partial charge on any atom is 0.258 e. The Labute approximate surface area is 200 Å². The first-order valence-electron chi connectivity index (χ1n) is 11.5. The molecule has 0 aliphatic heterocycles. The summed E-state index contributed by atoms with van der Waals surface area (Å²) in [6, 6.07) is 12.8. The van der Waals surface area contributed by atoms with Crippen LogP contribution in [0.15, 0.2) is 40.9 Å². The third kappa shape index (κ3) is 5.13. The number of benzene rings is 2. The molecule has 9 heteroatoms. The van der Waals surface area contributed by atoms with E-state index in [1.807, 2.05) is 39.0 Å². The number of ether oxygens (including phenoxy) is 1. The second-order valence-corrected chi connectivity index (χ2v) is 10.5. The van der Waals surface area contributed by atoms with Crippen molar-refractivity contribution in [2.24, 2.45) is 0 Å². The number of nitrogens with one attached hydrogen (secondary N) is 1. The van der Waals surface area contributed by atoms with Crippen LogP contribution in [0.4, 0.5) is 0 Å². The van der Waals surface area contributed by atoms with Gasteiger partial charge in [-0.15, -0.1) is 0 Å². The van der Waals surface area contributed by atoms with Crippen molar-refractivity contribution in [2.45, 2.75) is 58.6 Å². The zero-order valence-corrected chi connectivity index (χ0v) is 20.4. The molecule has 1 aromatic heterocycles. The number of fused-ring (bicyclic) bond motifs is 1. The fraction of sp³-hybridized carbons (Fsp3) is 0.400. The fourth-order valence-electron chi connectivity index (χ4n) is 4.15. The van der Waals surface area contributed by atoms with Gasteiger partial charge in [0, 0.05) is 17.2 Å². The third-order valence-electron chi connectivity index (χ3n) is 5.74. The number of aromatic nitrogens is 2. The van der Waals surface area contributed by atoms with Gasteiger partial charge in [0.1, 0.15) is 11.8 Å². The van der Waals surface area contributed by atoms with Crippen molar-refractivity contribution in [1.82, 2.24) is 14.9 Å². The number of hydrogen-bond donors (Lipinski definition) is 1. The van der Waals surface area contributed by atoms with Crippen LogP contribution in [0.1, 0.15) is 62.8 Å². The fourth-order valence-corrected chi connectivity index (χ4v) is 5.62. The summed E-state index contributed by atoms with van der Waals surface area (Å²) in [6.45, 7) is 5.78. The van der Waals surface area contributed by atoms with E-state index in [1.54, 1.807) is 18.2 Å². The molecule has 8 nitrogen and oxygen atoms in total. The second-order valence-electron chi connectivity index (χ2n) is 8.67. The third-order valence-corrected chi connectivity index (χ3v) is 7.21. The zero-order chi connectivity index (χ0) is 24.3. The van der Waals surface area contributed by atoms with E-state index in [-0.39, 0.29) is 17.9 Å². The highest BCUT2D eigenvalue weighted by Gasteiger charge is 2.29. The highest BCUT2D eigenvalue weighted by atomic mass is 32.2. The van der Waals surface area contributed by atoms with E-state index >= 15 is 0 Å². The molecule has 0 radical (unpaired) electrons. The van der Waals surface area contributed by atoms with Crippen molar-refractivity contribution in [1.29, 1.82) is 5.26 Å². The lowest BCUT2D eigenvalue weighted by molar-refractivity contribution is 0.241. The molecule has 1 atom stereocenters. The Morgan fingerprint density at radius 3 is 2.85 bits per heavy atom. The number of nitrogens with zero attached hydrogens (tertiary/aromatic N) is 3. The molecule has 0 spiro atoms. The minimum absolute atomic E-state index is 0.0481. The minimum Gasteiger partial charge on any atom is -0.490 e. The lowest BCUT2D eigenvalue weighted by Crippen LogP contribution is -2.29. The number of hydrogen-bond acceptors (Lipinski definition) is 7. The normalized spacial score (nSPS) is 15.3. The van der Waals surface area contributed by atoms with Crippen LogP contribution in [-0.4, -0.2) is 30.4 Å². The Morgan fingerprint density at radius 2 is 2.12 bits per heavy atom. The van der Waals surface area contributed by atoms with E-state index in [0.717, 1.165) is 29.5 Å². The highest BCUT2D eigenvalue weighted by molar-refractivity contribution is 7.89. The first kappa shape index (κ1) is 23.9. The predicted molar refractivity (Wildman–Crippen MR) is 129 cm³/mol. The summed E-state index contributed by atoms with van der Waals surface area (Å²) in [5.41, 5.74) is 3.82. The molecule has 0 unspecified atom stereocenters. The van der Waals surface area contributed by atoms with E-state index < -0.39 is 10.0 Å². The summed E-state index contributed by atoms with van der Waals surface area (Å²) in [5, 5.41) is 13.7. The molecule has 0 fully saturated rings. The number of rotatable bonds is 9. The minimum atomic E-state index is -3.33. The van der Waals surface area contributed by atoms with Gasteiger partial charge in [-0.25, -0.2) is 13.1 Å². The summed E-state index contributed by atoms with van der Waals surface area (Å²) in [4.78, 5) is 4.57. The Balaban J connectivity index is 1.60. The quantitative estimate of drug-likeness (QED) is 0.469. The van der Waals surface area contributed by atoms with Crippen LogP contribution in [-0.2, 0) is 16.4 Å². The second kappa shape index (κ2) is 9.95. The molecule has 4 rings (SSSR count). The van der Waals surface area contributed by atoms with Crippen LogP contribution >= 0.6 is 0 Å². The Kier molecular flexibility index (Phi) is 7.00. The van der Waals surface area contributed by atoms with Gasteiger partial charge >= 0.3 is 0 Å². The van der Waals surface area contributed by atoms with Gasteiger partial charge in [-0.05, 0) is 62.4 Å². The van der Waals surface area contributed by atoms with Gasteiger partial charge in [0.05, 0.1) is 17.4 Å². The topological polar surface area (TPSA) is 118 Å². The highest BCUT2D eigenvalue weighted by Crippen LogP contribution is 2.38. The largest absolute Gasteiger partial charge is 0.490 e. The van der Waals surface area contributed by atoms with Gasteiger partial charge in [-0.2, -0.15) is 10.2 Å². The molecular formula is C25H28N4O4S. The standard InChI is InChI=1S/C25H28N4O4S/c1-4-5-13-34(30,31)29-22-11-10-19-20(22)7-6-8-21(19)24-27-25(33-28-24)17-9-12-23(32-16(2)3)18(14-17)15-26/h6-9,12,14,16,22,29H,4-5,10-11,13H2,1-3H3/t22-/m0/s1. The van der Waals surface area contributed by atoms with Gasteiger partial charge in [-0.3, -0.25) is 0 Å². The van der Waals surface area contributed by atoms with E-state index in [4.69, 9.17) is 9.26 Å². The average molecular weight is 481 g/mol. The van der Waals surface area contributed by atoms with Gasteiger partial charge in [-0.1, -0.05) is 36.7 Å². The molecule has 2 aromatic carbocycles. The van der Waals surface area contributed by atoms with E-state index in [2.05, 4.69) is 20.9 Å². The summed E-state index contributed by atoms with van der Waals surface area (Å²) in [7, 11) is -3.33. The van der Waals surface area contributed by atoms with Gasteiger partial charge < -0.3 is 9.26 Å². The molecule has 1 aliphatic carbocycles. The lowest BCUT2D eigenvalue weighted by atomic mass is 10.0. The Bertz CT molecular complexity index is 1320. The molecule has 0 saturated carbocycles. The van der Waals surface area contributed by atoms with Crippen LogP contribution in [0.5, 0.6) is 5.75 Å². The first-order valence-corrected chi connectivity index (χ1v) is 13.1. The SMILES string of the molecule is CCCCS(=O)(=O)N[C@H]1CCc2c(-c3noc(-c4ccc(OC(C)C)c(C#N)c4)n3)cccc21. The zero-order valence-electron chi connectivity index (χ0n) is 19.5. The van der Waals surface area contributed by atoms with Gasteiger partial charge in [0.25, 0.3) is 5.89 Å². The molecule has 1 aliphatic rings. The summed E-state index contributed by atoms with van der Waals surface area (Å²) >= 11 is 0. The molecule has 34 heavy (non-hydrogen) atoms. The van der Waals surface area contributed by atoms with Crippen molar-refractivity contribution in [3.05, 3.63) is 53.1 Å². The van der Waals surface area contributed by atoms with Crippen molar-refractivity contribution in [3.8, 4) is 34.7 Å². The molecule has 1 N–H and O–H groups in total. The maximum atomic E-state index is 12.4. The number of sulfonamides is 1. The van der Waals surface area contributed by atoms with E-state index in [1.165, 1.54) is 0 Å². The van der Waals surface area contributed by atoms with Crippen LogP contribution in [0, 0.1) is 11.3 Å². The van der Waals surface area contributed by atoms with Gasteiger partial charge in [0.15, 0.2) is 0 Å². The first-order chi connectivity index (χ1) is 16.3. The van der Waals surface area contributed by atoms with Crippen molar-refractivity contribution < 1.29 is 17.7 Å².